The number of hydrogen-bond acceptors (Lipinski definition) is 3. The summed E-state index contributed by atoms with van der Waals surface area (Å²) in [5.74, 6) is -17.5. The molecule has 14 heteroatoms. The molecule has 0 atom stereocenters. The van der Waals surface area contributed by atoms with Crippen LogP contribution in [0.3, 0.4) is 0 Å². The third-order valence-electron chi connectivity index (χ3n) is 3.41. The summed E-state index contributed by atoms with van der Waals surface area (Å²) in [5.41, 5.74) is 0. The van der Waals surface area contributed by atoms with Crippen LogP contribution in [0.5, 0.6) is 0 Å². The largest absolute Gasteiger partial charge is 0.460 e. The van der Waals surface area contributed by atoms with Gasteiger partial charge in [-0.2, -0.15) is 47.9 Å². The minimum atomic E-state index is -7.35. The van der Waals surface area contributed by atoms with Crippen LogP contribution in [0.2, 0.25) is 0 Å². The van der Waals surface area contributed by atoms with E-state index < -0.39 is 45.1 Å². The molecule has 0 heterocycles. The molecule has 0 unspecified atom stereocenters. The van der Waals surface area contributed by atoms with Gasteiger partial charge in [0.2, 0.25) is 5.91 Å². The molecule has 1 rings (SSSR count). The molecule has 1 fully saturated rings. The molecular weight excluding hydrogens is 385 g/mol. The summed E-state index contributed by atoms with van der Waals surface area (Å²) in [6.45, 7) is 0. The molecule has 142 valence electrons. The van der Waals surface area contributed by atoms with Gasteiger partial charge in [0.05, 0.1) is 0 Å². The lowest BCUT2D eigenvalue weighted by molar-refractivity contribution is -0.382. The first-order valence-electron chi connectivity index (χ1n) is 6.25. The Morgan fingerprint density at radius 2 is 1.25 bits per heavy atom. The molecule has 1 saturated carbocycles. The molecule has 0 aromatic rings. The predicted octanol–water partition coefficient (Wildman–Crippen LogP) is 3.05. The lowest BCUT2D eigenvalue weighted by Gasteiger charge is -2.33. The van der Waals surface area contributed by atoms with Crippen molar-refractivity contribution in [3.63, 3.8) is 0 Å². The average Bonchev–Trinajstić information content (AvgIpc) is 2.89. The molecule has 24 heavy (non-hydrogen) atoms. The Morgan fingerprint density at radius 3 is 1.62 bits per heavy atom. The van der Waals surface area contributed by atoms with Gasteiger partial charge < -0.3 is 0 Å². The highest BCUT2D eigenvalue weighted by molar-refractivity contribution is 7.91. The third-order valence-corrected chi connectivity index (χ3v) is 4.82. The van der Waals surface area contributed by atoms with Crippen LogP contribution in [0.4, 0.5) is 39.5 Å². The molecule has 0 bridgehead atoms. The zero-order valence-electron chi connectivity index (χ0n) is 11.4. The first-order valence-corrected chi connectivity index (χ1v) is 7.73. The topological polar surface area (TPSA) is 63.2 Å². The second-order valence-electron chi connectivity index (χ2n) is 5.11. The van der Waals surface area contributed by atoms with E-state index >= 15 is 0 Å². The minimum Gasteiger partial charge on any atom is -0.274 e. The van der Waals surface area contributed by atoms with Gasteiger partial charge in [-0.25, -0.2) is 4.72 Å². The lowest BCUT2D eigenvalue weighted by Crippen LogP contribution is -2.65. The van der Waals surface area contributed by atoms with Gasteiger partial charge in [0.1, 0.15) is 0 Å². The Balaban J connectivity index is 3.17. The van der Waals surface area contributed by atoms with E-state index in [-0.39, 0.29) is 12.8 Å². The molecule has 0 aromatic heterocycles. The van der Waals surface area contributed by atoms with Gasteiger partial charge in [-0.1, -0.05) is 12.8 Å². The van der Waals surface area contributed by atoms with Crippen molar-refractivity contribution >= 4 is 15.9 Å². The fraction of sp³-hybridized carbons (Fsp3) is 0.900. The second-order valence-corrected chi connectivity index (χ2v) is 6.84. The highest BCUT2D eigenvalue weighted by atomic mass is 32.2. The molecule has 1 N–H and O–H groups in total. The molecule has 0 aromatic carbocycles. The highest BCUT2D eigenvalue weighted by Crippen LogP contribution is 2.54. The van der Waals surface area contributed by atoms with Gasteiger partial charge in [0.25, 0.3) is 0 Å². The van der Waals surface area contributed by atoms with Crippen molar-refractivity contribution in [1.82, 2.24) is 4.72 Å². The summed E-state index contributed by atoms with van der Waals surface area (Å²) in [4.78, 5) is 11.4. The Bertz CT molecular complexity index is 593. The van der Waals surface area contributed by atoms with Crippen LogP contribution in [0, 0.1) is 5.92 Å². The van der Waals surface area contributed by atoms with E-state index in [1.165, 1.54) is 0 Å². The normalized spacial score (nSPS) is 18.7. The van der Waals surface area contributed by atoms with Crippen molar-refractivity contribution < 1.29 is 52.7 Å². The fourth-order valence-electron chi connectivity index (χ4n) is 2.00. The van der Waals surface area contributed by atoms with Crippen molar-refractivity contribution in [2.45, 2.75) is 49.0 Å². The predicted molar refractivity (Wildman–Crippen MR) is 59.9 cm³/mol. The smallest absolute Gasteiger partial charge is 0.274 e. The van der Waals surface area contributed by atoms with Crippen LogP contribution in [-0.4, -0.2) is 37.6 Å². The SMILES string of the molecule is O=C(NS(=O)(=O)C(F)(F)C(F)(F)C(F)(F)C(F)(F)F)C1CCCC1. The van der Waals surface area contributed by atoms with Crippen LogP contribution >= 0.6 is 0 Å². The summed E-state index contributed by atoms with van der Waals surface area (Å²) >= 11 is 0. The van der Waals surface area contributed by atoms with Crippen LogP contribution in [0.1, 0.15) is 25.7 Å². The number of halogens is 9. The lowest BCUT2D eigenvalue weighted by atomic mass is 10.1. The quantitative estimate of drug-likeness (QED) is 0.728. The van der Waals surface area contributed by atoms with E-state index in [0.29, 0.717) is 17.6 Å². The Hall–Kier alpha value is -1.21. The number of nitrogens with one attached hydrogen (secondary N) is 1. The van der Waals surface area contributed by atoms with E-state index in [4.69, 9.17) is 0 Å². The summed E-state index contributed by atoms with van der Waals surface area (Å²) in [6, 6.07) is 0. The maximum Gasteiger partial charge on any atom is 0.460 e. The molecule has 1 aliphatic carbocycles. The van der Waals surface area contributed by atoms with Crippen LogP contribution in [0.25, 0.3) is 0 Å². The van der Waals surface area contributed by atoms with E-state index in [1.54, 1.807) is 0 Å². The number of amides is 1. The van der Waals surface area contributed by atoms with Gasteiger partial charge >= 0.3 is 33.3 Å². The first-order chi connectivity index (χ1) is 10.5. The van der Waals surface area contributed by atoms with Gasteiger partial charge in [-0.15, -0.1) is 0 Å². The Morgan fingerprint density at radius 1 is 0.833 bits per heavy atom. The minimum absolute atomic E-state index is 0.0298. The number of rotatable bonds is 5. The zero-order valence-corrected chi connectivity index (χ0v) is 12.3. The molecular formula is C10H10F9NO3S. The summed E-state index contributed by atoms with van der Waals surface area (Å²) in [5, 5.41) is -6.90. The summed E-state index contributed by atoms with van der Waals surface area (Å²) in [7, 11) is -6.86. The third kappa shape index (κ3) is 3.16. The first kappa shape index (κ1) is 20.8. The van der Waals surface area contributed by atoms with Crippen LogP contribution < -0.4 is 4.72 Å². The summed E-state index contributed by atoms with van der Waals surface area (Å²) in [6.07, 6.45) is -6.29. The van der Waals surface area contributed by atoms with Crippen molar-refractivity contribution in [3.8, 4) is 0 Å². The number of hydrogen-bond donors (Lipinski definition) is 1. The molecule has 4 nitrogen and oxygen atoms in total. The van der Waals surface area contributed by atoms with Crippen molar-refractivity contribution in [2.75, 3.05) is 0 Å². The van der Waals surface area contributed by atoms with Crippen molar-refractivity contribution in [3.05, 3.63) is 0 Å². The molecule has 0 spiro atoms. The average molecular weight is 395 g/mol. The maximum absolute atomic E-state index is 13.3. The van der Waals surface area contributed by atoms with Gasteiger partial charge in [-0.05, 0) is 12.8 Å². The van der Waals surface area contributed by atoms with E-state index in [9.17, 15) is 52.7 Å². The second kappa shape index (κ2) is 5.95. The Kier molecular flexibility index (Phi) is 5.16. The number of sulfonamides is 1. The van der Waals surface area contributed by atoms with Gasteiger partial charge in [0.15, 0.2) is 0 Å². The highest BCUT2D eigenvalue weighted by Gasteiger charge is 2.85. The number of carbonyl (C=O) groups is 1. The number of alkyl halides is 9. The van der Waals surface area contributed by atoms with E-state index in [2.05, 4.69) is 0 Å². The van der Waals surface area contributed by atoms with Crippen molar-refractivity contribution in [1.29, 1.82) is 0 Å². The van der Waals surface area contributed by atoms with Gasteiger partial charge in [-0.3, -0.25) is 4.79 Å². The zero-order chi connectivity index (χ0) is 19.2. The van der Waals surface area contributed by atoms with Crippen LogP contribution in [0.15, 0.2) is 0 Å². The standard InChI is InChI=1S/C10H10F9NO3S/c11-7(12,9(15,16)17)8(13,14)10(18,19)24(22,23)20-6(21)5-3-1-2-4-5/h5H,1-4H2,(H,20,21). The molecule has 0 saturated heterocycles. The van der Waals surface area contributed by atoms with E-state index in [1.807, 2.05) is 0 Å². The van der Waals surface area contributed by atoms with Crippen LogP contribution in [-0.2, 0) is 14.8 Å². The fourth-order valence-corrected chi connectivity index (χ4v) is 3.02. The van der Waals surface area contributed by atoms with Gasteiger partial charge in [0, 0.05) is 5.92 Å². The Labute approximate surface area is 129 Å². The van der Waals surface area contributed by atoms with E-state index in [0.717, 1.165) is 0 Å². The molecule has 1 aliphatic rings. The molecule has 0 radical (unpaired) electrons. The van der Waals surface area contributed by atoms with Crippen molar-refractivity contribution in [2.24, 2.45) is 5.92 Å². The molecule has 0 aliphatic heterocycles. The monoisotopic (exact) mass is 395 g/mol. The maximum atomic E-state index is 13.3. The molecule has 1 amide bonds. The number of carbonyl (C=O) groups excluding carboxylic acids is 1. The summed E-state index contributed by atoms with van der Waals surface area (Å²) < 4.78 is 137.